The lowest BCUT2D eigenvalue weighted by atomic mass is 9.82. The molecule has 2 rings (SSSR count). The van der Waals surface area contributed by atoms with Gasteiger partial charge in [-0.05, 0) is 36.8 Å². The van der Waals surface area contributed by atoms with E-state index in [9.17, 15) is 13.2 Å². The summed E-state index contributed by atoms with van der Waals surface area (Å²) in [5.41, 5.74) is 0.335. The number of ether oxygens (including phenoxy) is 1. The monoisotopic (exact) mass is 320 g/mol. The predicted molar refractivity (Wildman–Crippen MR) is 79.6 cm³/mol. The van der Waals surface area contributed by atoms with Crippen LogP contribution < -0.4 is 0 Å². The molecule has 0 spiro atoms. The molecule has 1 aromatic heterocycles. The molecule has 0 saturated carbocycles. The molecule has 1 nitrogen and oxygen atoms in total. The summed E-state index contributed by atoms with van der Waals surface area (Å²) in [6.07, 6.45) is -0.0596. The lowest BCUT2D eigenvalue weighted by Crippen LogP contribution is -2.35. The average Bonchev–Trinajstić information content (AvgIpc) is 2.81. The first-order valence-corrected chi connectivity index (χ1v) is 8.44. The molecule has 1 aliphatic rings. The SMILES string of the molecule is CCCCC1(CC(C)C)OCCc2cc(C(F)(F)F)sc21. The maximum atomic E-state index is 13.0. The lowest BCUT2D eigenvalue weighted by Gasteiger charge is -2.39. The molecule has 0 N–H and O–H groups in total. The van der Waals surface area contributed by atoms with Gasteiger partial charge in [0.15, 0.2) is 0 Å². The number of alkyl halides is 3. The van der Waals surface area contributed by atoms with Crippen molar-refractivity contribution in [2.24, 2.45) is 5.92 Å². The molecular weight excluding hydrogens is 297 g/mol. The van der Waals surface area contributed by atoms with Crippen molar-refractivity contribution in [3.8, 4) is 0 Å². The smallest absolute Gasteiger partial charge is 0.369 e. The molecule has 120 valence electrons. The third-order valence-corrected chi connectivity index (χ3v) is 5.33. The van der Waals surface area contributed by atoms with E-state index in [1.54, 1.807) is 0 Å². The van der Waals surface area contributed by atoms with Crippen molar-refractivity contribution in [1.82, 2.24) is 0 Å². The van der Waals surface area contributed by atoms with Gasteiger partial charge in [0.2, 0.25) is 0 Å². The molecule has 5 heteroatoms. The third kappa shape index (κ3) is 3.62. The fourth-order valence-corrected chi connectivity index (χ4v) is 4.38. The fraction of sp³-hybridized carbons (Fsp3) is 0.750. The largest absolute Gasteiger partial charge is 0.425 e. The van der Waals surface area contributed by atoms with Crippen molar-refractivity contribution < 1.29 is 17.9 Å². The van der Waals surface area contributed by atoms with Crippen LogP contribution in [0.5, 0.6) is 0 Å². The molecular formula is C16H23F3OS. The zero-order valence-electron chi connectivity index (χ0n) is 12.8. The van der Waals surface area contributed by atoms with Gasteiger partial charge in [0.1, 0.15) is 10.5 Å². The number of rotatable bonds is 5. The van der Waals surface area contributed by atoms with Crippen LogP contribution in [0.2, 0.25) is 0 Å². The zero-order chi connectivity index (χ0) is 15.7. The lowest BCUT2D eigenvalue weighted by molar-refractivity contribution is -0.134. The van der Waals surface area contributed by atoms with Gasteiger partial charge in [0, 0.05) is 4.88 Å². The van der Waals surface area contributed by atoms with Gasteiger partial charge < -0.3 is 4.74 Å². The fourth-order valence-electron chi connectivity index (χ4n) is 3.12. The van der Waals surface area contributed by atoms with Crippen molar-refractivity contribution in [3.05, 3.63) is 21.4 Å². The molecule has 0 aliphatic carbocycles. The van der Waals surface area contributed by atoms with Crippen molar-refractivity contribution in [2.45, 2.75) is 64.7 Å². The Hall–Kier alpha value is -0.550. The van der Waals surface area contributed by atoms with Gasteiger partial charge in [-0.2, -0.15) is 13.2 Å². The van der Waals surface area contributed by atoms with Crippen LogP contribution in [0, 0.1) is 5.92 Å². The molecule has 0 bridgehead atoms. The Morgan fingerprint density at radius 2 is 2.10 bits per heavy atom. The Morgan fingerprint density at radius 3 is 2.67 bits per heavy atom. The molecule has 2 heterocycles. The molecule has 0 aromatic carbocycles. The first-order valence-electron chi connectivity index (χ1n) is 7.63. The van der Waals surface area contributed by atoms with E-state index in [1.165, 1.54) is 6.07 Å². The number of hydrogen-bond acceptors (Lipinski definition) is 2. The van der Waals surface area contributed by atoms with Crippen molar-refractivity contribution in [2.75, 3.05) is 6.61 Å². The van der Waals surface area contributed by atoms with Crippen LogP contribution >= 0.6 is 11.3 Å². The van der Waals surface area contributed by atoms with Crippen LogP contribution in [-0.4, -0.2) is 6.61 Å². The van der Waals surface area contributed by atoms with E-state index >= 15 is 0 Å². The molecule has 1 unspecified atom stereocenters. The summed E-state index contributed by atoms with van der Waals surface area (Å²) in [4.78, 5) is 0.339. The number of thiophene rings is 1. The molecule has 21 heavy (non-hydrogen) atoms. The molecule has 0 fully saturated rings. The second-order valence-electron chi connectivity index (χ2n) is 6.26. The Morgan fingerprint density at radius 1 is 1.38 bits per heavy atom. The van der Waals surface area contributed by atoms with Gasteiger partial charge in [-0.15, -0.1) is 11.3 Å². The standard InChI is InChI=1S/C16H23F3OS/c1-4-5-7-15(10-11(2)3)14-12(6-8-20-15)9-13(21-14)16(17,18)19/h9,11H,4-8,10H2,1-3H3. The Kier molecular flexibility index (Phi) is 5.03. The summed E-state index contributed by atoms with van der Waals surface area (Å²) in [5.74, 6) is 0.393. The minimum atomic E-state index is -4.25. The van der Waals surface area contributed by atoms with Gasteiger partial charge in [-0.1, -0.05) is 33.6 Å². The van der Waals surface area contributed by atoms with Gasteiger partial charge in [0.25, 0.3) is 0 Å². The first-order chi connectivity index (χ1) is 9.78. The summed E-state index contributed by atoms with van der Waals surface area (Å²) < 4.78 is 45.1. The quantitative estimate of drug-likeness (QED) is 0.669. The van der Waals surface area contributed by atoms with Crippen LogP contribution in [0.4, 0.5) is 13.2 Å². The molecule has 0 saturated heterocycles. The van der Waals surface area contributed by atoms with E-state index in [1.807, 2.05) is 0 Å². The highest BCUT2D eigenvalue weighted by molar-refractivity contribution is 7.12. The molecule has 1 aliphatic heterocycles. The minimum absolute atomic E-state index is 0.393. The average molecular weight is 320 g/mol. The van der Waals surface area contributed by atoms with Gasteiger partial charge in [0.05, 0.1) is 6.61 Å². The highest BCUT2D eigenvalue weighted by Gasteiger charge is 2.43. The van der Waals surface area contributed by atoms with Crippen LogP contribution in [0.15, 0.2) is 6.07 Å². The van der Waals surface area contributed by atoms with Crippen LogP contribution in [0.25, 0.3) is 0 Å². The highest BCUT2D eigenvalue weighted by Crippen LogP contribution is 2.48. The van der Waals surface area contributed by atoms with Gasteiger partial charge in [-0.25, -0.2) is 0 Å². The van der Waals surface area contributed by atoms with Crippen LogP contribution in [0.3, 0.4) is 0 Å². The zero-order valence-corrected chi connectivity index (χ0v) is 13.7. The van der Waals surface area contributed by atoms with Crippen molar-refractivity contribution in [1.29, 1.82) is 0 Å². The first kappa shape index (κ1) is 16.8. The second-order valence-corrected chi connectivity index (χ2v) is 7.31. The minimum Gasteiger partial charge on any atom is -0.369 e. The number of halogens is 3. The highest BCUT2D eigenvalue weighted by atomic mass is 32.1. The maximum Gasteiger partial charge on any atom is 0.425 e. The summed E-state index contributed by atoms with van der Waals surface area (Å²) in [5, 5.41) is 0. The Balaban J connectivity index is 2.42. The second kappa shape index (κ2) is 6.29. The van der Waals surface area contributed by atoms with Crippen molar-refractivity contribution >= 4 is 11.3 Å². The van der Waals surface area contributed by atoms with Gasteiger partial charge in [-0.3, -0.25) is 0 Å². The number of unbranched alkanes of at least 4 members (excludes halogenated alkanes) is 1. The summed E-state index contributed by atoms with van der Waals surface area (Å²) >= 11 is 0.892. The Bertz CT molecular complexity index is 478. The number of fused-ring (bicyclic) bond motifs is 1. The van der Waals surface area contributed by atoms with E-state index < -0.39 is 16.7 Å². The molecule has 0 radical (unpaired) electrons. The summed E-state index contributed by atoms with van der Waals surface area (Å²) in [6.45, 7) is 6.83. The van der Waals surface area contributed by atoms with E-state index in [0.29, 0.717) is 18.9 Å². The molecule has 1 atom stereocenters. The molecule has 1 aromatic rings. The van der Waals surface area contributed by atoms with E-state index in [-0.39, 0.29) is 0 Å². The Labute approximate surface area is 128 Å². The van der Waals surface area contributed by atoms with Crippen molar-refractivity contribution in [3.63, 3.8) is 0 Å². The molecule has 0 amide bonds. The third-order valence-electron chi connectivity index (χ3n) is 3.92. The normalized spacial score (nSPS) is 22.6. The predicted octanol–water partition coefficient (Wildman–Crippen LogP) is 5.77. The maximum absolute atomic E-state index is 13.0. The van der Waals surface area contributed by atoms with E-state index in [0.717, 1.165) is 47.5 Å². The van der Waals surface area contributed by atoms with Gasteiger partial charge >= 0.3 is 6.18 Å². The van der Waals surface area contributed by atoms with Crippen LogP contribution in [-0.2, 0) is 22.9 Å². The topological polar surface area (TPSA) is 9.23 Å². The number of hydrogen-bond donors (Lipinski definition) is 0. The summed E-state index contributed by atoms with van der Waals surface area (Å²) in [7, 11) is 0. The van der Waals surface area contributed by atoms with E-state index in [4.69, 9.17) is 4.74 Å². The van der Waals surface area contributed by atoms with Crippen LogP contribution in [0.1, 0.15) is 61.8 Å². The van der Waals surface area contributed by atoms with E-state index in [2.05, 4.69) is 20.8 Å². The summed E-state index contributed by atoms with van der Waals surface area (Å²) in [6, 6.07) is 1.34.